The van der Waals surface area contributed by atoms with Crippen molar-refractivity contribution in [2.75, 3.05) is 0 Å². The van der Waals surface area contributed by atoms with E-state index in [-0.39, 0.29) is 0 Å². The van der Waals surface area contributed by atoms with Gasteiger partial charge in [0.2, 0.25) is 0 Å². The number of benzene rings is 1. The molecule has 1 fully saturated rings. The van der Waals surface area contributed by atoms with Crippen LogP contribution in [0.4, 0.5) is 0 Å². The molecule has 1 aliphatic carbocycles. The number of aryl methyl sites for hydroxylation is 2. The van der Waals surface area contributed by atoms with Gasteiger partial charge in [-0.2, -0.15) is 0 Å². The molecular formula is C17H18Cl2N2. The zero-order valence-electron chi connectivity index (χ0n) is 12.3. The van der Waals surface area contributed by atoms with Crippen molar-refractivity contribution in [3.8, 4) is 11.4 Å². The van der Waals surface area contributed by atoms with Crippen LogP contribution in [-0.4, -0.2) is 9.97 Å². The summed E-state index contributed by atoms with van der Waals surface area (Å²) in [5.41, 5.74) is 4.23. The fourth-order valence-electron chi connectivity index (χ4n) is 3.25. The molecule has 0 N–H and O–H groups in total. The molecule has 1 aromatic heterocycles. The summed E-state index contributed by atoms with van der Waals surface area (Å²) in [4.78, 5) is 9.08. The van der Waals surface area contributed by atoms with Crippen LogP contribution < -0.4 is 0 Å². The molecular weight excluding hydrogens is 303 g/mol. The molecule has 0 saturated heterocycles. The van der Waals surface area contributed by atoms with Crippen LogP contribution in [0, 0.1) is 13.8 Å². The van der Waals surface area contributed by atoms with Crippen molar-refractivity contribution in [2.45, 2.75) is 45.4 Å². The molecule has 0 aliphatic heterocycles. The van der Waals surface area contributed by atoms with Gasteiger partial charge in [-0.1, -0.05) is 54.2 Å². The molecule has 0 atom stereocenters. The second-order valence-electron chi connectivity index (χ2n) is 5.79. The molecule has 1 aliphatic rings. The second-order valence-corrected chi connectivity index (χ2v) is 6.51. The van der Waals surface area contributed by atoms with Crippen molar-refractivity contribution in [2.24, 2.45) is 0 Å². The summed E-state index contributed by atoms with van der Waals surface area (Å²) in [7, 11) is 0. The van der Waals surface area contributed by atoms with E-state index >= 15 is 0 Å². The minimum atomic E-state index is 0.414. The van der Waals surface area contributed by atoms with Crippen LogP contribution in [-0.2, 0) is 0 Å². The predicted molar refractivity (Wildman–Crippen MR) is 88.2 cm³/mol. The van der Waals surface area contributed by atoms with Gasteiger partial charge in [-0.3, -0.25) is 0 Å². The molecule has 1 saturated carbocycles. The molecule has 1 heterocycles. The predicted octanol–water partition coefficient (Wildman–Crippen LogP) is 5.72. The SMILES string of the molecule is Cc1cccc(C)c1-c1nc(Cl)c(C2CCCC2)c(Cl)n1. The van der Waals surface area contributed by atoms with Crippen LogP contribution in [0.25, 0.3) is 11.4 Å². The molecule has 21 heavy (non-hydrogen) atoms. The standard InChI is InChI=1S/C17H18Cl2N2/c1-10-6-5-7-11(2)13(10)17-20-15(18)14(16(19)21-17)12-8-3-4-9-12/h5-7,12H,3-4,8-9H2,1-2H3. The normalized spacial score (nSPS) is 15.6. The Bertz CT molecular complexity index is 633. The van der Waals surface area contributed by atoms with Gasteiger partial charge in [-0.15, -0.1) is 0 Å². The van der Waals surface area contributed by atoms with Gasteiger partial charge in [0, 0.05) is 11.1 Å². The minimum Gasteiger partial charge on any atom is -0.216 e. The maximum atomic E-state index is 6.43. The Morgan fingerprint density at radius 3 is 2.00 bits per heavy atom. The highest BCUT2D eigenvalue weighted by Crippen LogP contribution is 2.41. The van der Waals surface area contributed by atoms with Crippen molar-refractivity contribution in [1.82, 2.24) is 9.97 Å². The van der Waals surface area contributed by atoms with Crippen LogP contribution >= 0.6 is 23.2 Å². The van der Waals surface area contributed by atoms with Gasteiger partial charge >= 0.3 is 0 Å². The average molecular weight is 321 g/mol. The first-order chi connectivity index (χ1) is 10.1. The Morgan fingerprint density at radius 1 is 0.952 bits per heavy atom. The smallest absolute Gasteiger partial charge is 0.163 e. The van der Waals surface area contributed by atoms with Gasteiger partial charge in [-0.25, -0.2) is 9.97 Å². The lowest BCUT2D eigenvalue weighted by Gasteiger charge is -2.15. The van der Waals surface area contributed by atoms with Crippen LogP contribution in [0.1, 0.15) is 48.3 Å². The van der Waals surface area contributed by atoms with Crippen molar-refractivity contribution in [3.63, 3.8) is 0 Å². The zero-order chi connectivity index (χ0) is 15.0. The van der Waals surface area contributed by atoms with E-state index in [1.807, 2.05) is 6.07 Å². The number of hydrogen-bond acceptors (Lipinski definition) is 2. The first-order valence-electron chi connectivity index (χ1n) is 7.37. The number of aromatic nitrogens is 2. The fourth-order valence-corrected chi connectivity index (χ4v) is 3.94. The van der Waals surface area contributed by atoms with E-state index in [0.29, 0.717) is 22.0 Å². The highest BCUT2D eigenvalue weighted by atomic mass is 35.5. The molecule has 0 radical (unpaired) electrons. The summed E-state index contributed by atoms with van der Waals surface area (Å²) < 4.78 is 0. The summed E-state index contributed by atoms with van der Waals surface area (Å²) in [6.45, 7) is 4.11. The summed E-state index contributed by atoms with van der Waals surface area (Å²) in [6.07, 6.45) is 4.73. The summed E-state index contributed by atoms with van der Waals surface area (Å²) in [5.74, 6) is 1.04. The minimum absolute atomic E-state index is 0.414. The maximum absolute atomic E-state index is 6.43. The van der Waals surface area contributed by atoms with Crippen molar-refractivity contribution >= 4 is 23.2 Å². The largest absolute Gasteiger partial charge is 0.216 e. The average Bonchev–Trinajstić information content (AvgIpc) is 2.91. The lowest BCUT2D eigenvalue weighted by Crippen LogP contribution is -2.03. The Balaban J connectivity index is 2.10. The van der Waals surface area contributed by atoms with Crippen molar-refractivity contribution < 1.29 is 0 Å². The number of hydrogen-bond donors (Lipinski definition) is 0. The highest BCUT2D eigenvalue weighted by Gasteiger charge is 2.25. The highest BCUT2D eigenvalue weighted by molar-refractivity contribution is 6.34. The molecule has 110 valence electrons. The van der Waals surface area contributed by atoms with Gasteiger partial charge < -0.3 is 0 Å². The third-order valence-electron chi connectivity index (χ3n) is 4.32. The topological polar surface area (TPSA) is 25.8 Å². The van der Waals surface area contributed by atoms with E-state index in [2.05, 4.69) is 35.9 Å². The van der Waals surface area contributed by atoms with E-state index in [9.17, 15) is 0 Å². The third kappa shape index (κ3) is 2.79. The van der Waals surface area contributed by atoms with Gasteiger partial charge in [-0.05, 0) is 43.7 Å². The van der Waals surface area contributed by atoms with E-state index in [4.69, 9.17) is 23.2 Å². The van der Waals surface area contributed by atoms with E-state index in [1.165, 1.54) is 12.8 Å². The number of nitrogens with zero attached hydrogens (tertiary/aromatic N) is 2. The maximum Gasteiger partial charge on any atom is 0.163 e. The van der Waals surface area contributed by atoms with E-state index in [1.54, 1.807) is 0 Å². The lowest BCUT2D eigenvalue weighted by molar-refractivity contribution is 0.715. The first kappa shape index (κ1) is 14.8. The van der Waals surface area contributed by atoms with Crippen LogP contribution in [0.5, 0.6) is 0 Å². The Kier molecular flexibility index (Phi) is 4.19. The summed E-state index contributed by atoms with van der Waals surface area (Å²) in [6, 6.07) is 6.14. The molecule has 3 rings (SSSR count). The molecule has 1 aromatic carbocycles. The molecule has 0 unspecified atom stereocenters. The summed E-state index contributed by atoms with van der Waals surface area (Å²) >= 11 is 12.9. The van der Waals surface area contributed by atoms with Crippen LogP contribution in [0.3, 0.4) is 0 Å². The Hall–Kier alpha value is -1.12. The third-order valence-corrected chi connectivity index (χ3v) is 4.90. The molecule has 2 aromatic rings. The molecule has 4 heteroatoms. The van der Waals surface area contributed by atoms with Gasteiger partial charge in [0.15, 0.2) is 5.82 Å². The lowest BCUT2D eigenvalue weighted by atomic mass is 9.99. The van der Waals surface area contributed by atoms with Crippen LogP contribution in [0.2, 0.25) is 10.3 Å². The van der Waals surface area contributed by atoms with E-state index < -0.39 is 0 Å². The molecule has 2 nitrogen and oxygen atoms in total. The monoisotopic (exact) mass is 320 g/mol. The Morgan fingerprint density at radius 2 is 1.48 bits per heavy atom. The quantitative estimate of drug-likeness (QED) is 0.661. The number of rotatable bonds is 2. The molecule has 0 spiro atoms. The Labute approximate surface area is 135 Å². The fraction of sp³-hybridized carbons (Fsp3) is 0.412. The second kappa shape index (κ2) is 5.94. The van der Waals surface area contributed by atoms with Crippen molar-refractivity contribution in [3.05, 3.63) is 45.2 Å². The molecule has 0 bridgehead atoms. The zero-order valence-corrected chi connectivity index (χ0v) is 13.8. The first-order valence-corrected chi connectivity index (χ1v) is 8.13. The van der Waals surface area contributed by atoms with Gasteiger partial charge in [0.1, 0.15) is 10.3 Å². The van der Waals surface area contributed by atoms with Crippen molar-refractivity contribution in [1.29, 1.82) is 0 Å². The van der Waals surface area contributed by atoms with Gasteiger partial charge in [0.05, 0.1) is 0 Å². The molecule has 0 amide bonds. The van der Waals surface area contributed by atoms with E-state index in [0.717, 1.165) is 35.1 Å². The van der Waals surface area contributed by atoms with Crippen LogP contribution in [0.15, 0.2) is 18.2 Å². The van der Waals surface area contributed by atoms with Gasteiger partial charge in [0.25, 0.3) is 0 Å². The summed E-state index contributed by atoms with van der Waals surface area (Å²) in [5, 5.41) is 1.03. The number of halogens is 2.